The van der Waals surface area contributed by atoms with Crippen molar-refractivity contribution >= 4 is 21.9 Å². The molecule has 0 bridgehead atoms. The van der Waals surface area contributed by atoms with Gasteiger partial charge in [0.2, 0.25) is 16.0 Å². The largest absolute Gasteiger partial charge is 0.354 e. The molecular weight excluding hydrogens is 354 g/mol. The van der Waals surface area contributed by atoms with E-state index in [0.29, 0.717) is 30.4 Å². The van der Waals surface area contributed by atoms with Crippen LogP contribution in [0.2, 0.25) is 0 Å². The molecule has 1 amide bonds. The van der Waals surface area contributed by atoms with Crippen molar-refractivity contribution in [2.45, 2.75) is 25.2 Å². The number of hydrogen-bond acceptors (Lipinski definition) is 6. The summed E-state index contributed by atoms with van der Waals surface area (Å²) in [6.45, 7) is 5.32. The molecular formula is C17H23N5O3S. The van der Waals surface area contributed by atoms with E-state index in [1.165, 1.54) is 24.5 Å². The molecule has 0 saturated heterocycles. The molecule has 2 aromatic rings. The van der Waals surface area contributed by atoms with Crippen molar-refractivity contribution in [3.8, 4) is 0 Å². The second-order valence-corrected chi connectivity index (χ2v) is 7.83. The number of carbonyl (C=O) groups excluding carboxylic acids is 1. The minimum Gasteiger partial charge on any atom is -0.354 e. The summed E-state index contributed by atoms with van der Waals surface area (Å²) < 4.78 is 22.4. The zero-order valence-electron chi connectivity index (χ0n) is 14.8. The topological polar surface area (TPSA) is 127 Å². The van der Waals surface area contributed by atoms with Crippen molar-refractivity contribution in [1.82, 2.24) is 15.3 Å². The number of rotatable bonds is 8. The van der Waals surface area contributed by atoms with Crippen LogP contribution in [0.1, 0.15) is 29.8 Å². The highest BCUT2D eigenvalue weighted by Crippen LogP contribution is 2.09. The molecule has 1 heterocycles. The number of nitrogens with zero attached hydrogens (tertiary/aromatic N) is 2. The molecule has 0 aliphatic rings. The molecule has 26 heavy (non-hydrogen) atoms. The molecule has 0 aliphatic carbocycles. The van der Waals surface area contributed by atoms with Gasteiger partial charge >= 0.3 is 0 Å². The molecule has 0 atom stereocenters. The number of anilines is 1. The second-order valence-electron chi connectivity index (χ2n) is 6.26. The predicted molar refractivity (Wildman–Crippen MR) is 99.2 cm³/mol. The SMILES string of the molecule is CC(C)CNc1ncc(C(=O)NCCc2ccc(S(N)(=O)=O)cc2)cn1. The summed E-state index contributed by atoms with van der Waals surface area (Å²) in [5, 5.41) is 10.9. The Balaban J connectivity index is 1.83. The Morgan fingerprint density at radius 2 is 1.77 bits per heavy atom. The molecule has 8 nitrogen and oxygen atoms in total. The average Bonchev–Trinajstić information content (AvgIpc) is 2.60. The van der Waals surface area contributed by atoms with Crippen LogP contribution in [-0.2, 0) is 16.4 Å². The summed E-state index contributed by atoms with van der Waals surface area (Å²) in [7, 11) is -3.69. The lowest BCUT2D eigenvalue weighted by Gasteiger charge is -2.08. The van der Waals surface area contributed by atoms with Gasteiger partial charge in [0.15, 0.2) is 0 Å². The smallest absolute Gasteiger partial charge is 0.254 e. The van der Waals surface area contributed by atoms with Gasteiger partial charge in [-0.2, -0.15) is 0 Å². The third-order valence-electron chi connectivity index (χ3n) is 3.53. The monoisotopic (exact) mass is 377 g/mol. The maximum Gasteiger partial charge on any atom is 0.254 e. The van der Waals surface area contributed by atoms with Crippen LogP contribution in [0.5, 0.6) is 0 Å². The van der Waals surface area contributed by atoms with Crippen LogP contribution >= 0.6 is 0 Å². The number of benzene rings is 1. The van der Waals surface area contributed by atoms with E-state index < -0.39 is 10.0 Å². The Labute approximate surface area is 153 Å². The molecule has 0 aliphatic heterocycles. The first kappa shape index (κ1) is 19.8. The molecule has 0 spiro atoms. The van der Waals surface area contributed by atoms with E-state index in [1.807, 2.05) is 0 Å². The molecule has 9 heteroatoms. The lowest BCUT2D eigenvalue weighted by atomic mass is 10.1. The number of sulfonamides is 1. The summed E-state index contributed by atoms with van der Waals surface area (Å²) in [6, 6.07) is 6.24. The molecule has 0 saturated carbocycles. The fourth-order valence-electron chi connectivity index (χ4n) is 2.10. The number of amides is 1. The predicted octanol–water partition coefficient (Wildman–Crippen LogP) is 1.16. The molecule has 1 aromatic carbocycles. The first-order valence-corrected chi connectivity index (χ1v) is 9.76. The maximum atomic E-state index is 12.1. The Bertz CT molecular complexity index is 834. The molecule has 0 radical (unpaired) electrons. The normalized spacial score (nSPS) is 11.4. The van der Waals surface area contributed by atoms with Gasteiger partial charge in [0, 0.05) is 25.5 Å². The minimum absolute atomic E-state index is 0.0635. The fourth-order valence-corrected chi connectivity index (χ4v) is 2.62. The molecule has 4 N–H and O–H groups in total. The van der Waals surface area contributed by atoms with E-state index in [1.54, 1.807) is 12.1 Å². The Morgan fingerprint density at radius 3 is 2.31 bits per heavy atom. The first-order valence-electron chi connectivity index (χ1n) is 8.21. The number of hydrogen-bond donors (Lipinski definition) is 3. The van der Waals surface area contributed by atoms with Crippen molar-refractivity contribution in [2.75, 3.05) is 18.4 Å². The van der Waals surface area contributed by atoms with Crippen LogP contribution in [0.25, 0.3) is 0 Å². The van der Waals surface area contributed by atoms with Crippen LogP contribution in [0, 0.1) is 5.92 Å². The van der Waals surface area contributed by atoms with Gasteiger partial charge in [0.1, 0.15) is 0 Å². The van der Waals surface area contributed by atoms with Crippen molar-refractivity contribution in [3.63, 3.8) is 0 Å². The first-order chi connectivity index (χ1) is 12.3. The van der Waals surface area contributed by atoms with Crippen LogP contribution in [0.4, 0.5) is 5.95 Å². The Hall–Kier alpha value is -2.52. The zero-order valence-corrected chi connectivity index (χ0v) is 15.6. The third-order valence-corrected chi connectivity index (χ3v) is 4.46. The summed E-state index contributed by atoms with van der Waals surface area (Å²) in [4.78, 5) is 20.4. The van der Waals surface area contributed by atoms with Gasteiger partial charge in [-0.1, -0.05) is 26.0 Å². The molecule has 140 valence electrons. The maximum absolute atomic E-state index is 12.1. The van der Waals surface area contributed by atoms with Gasteiger partial charge < -0.3 is 10.6 Å². The van der Waals surface area contributed by atoms with E-state index in [2.05, 4.69) is 34.4 Å². The number of primary sulfonamides is 1. The molecule has 2 rings (SSSR count). The summed E-state index contributed by atoms with van der Waals surface area (Å²) in [5.74, 6) is 0.701. The quantitative estimate of drug-likeness (QED) is 0.633. The number of nitrogens with one attached hydrogen (secondary N) is 2. The molecule has 0 fully saturated rings. The van der Waals surface area contributed by atoms with Gasteiger partial charge in [-0.25, -0.2) is 23.5 Å². The lowest BCUT2D eigenvalue weighted by molar-refractivity contribution is 0.0953. The summed E-state index contributed by atoms with van der Waals surface area (Å²) in [5.41, 5.74) is 1.27. The van der Waals surface area contributed by atoms with E-state index in [0.717, 1.165) is 12.1 Å². The van der Waals surface area contributed by atoms with Crippen molar-refractivity contribution in [3.05, 3.63) is 47.8 Å². The number of nitrogens with two attached hydrogens (primary N) is 1. The summed E-state index contributed by atoms with van der Waals surface area (Å²) in [6.07, 6.45) is 3.52. The van der Waals surface area contributed by atoms with Crippen molar-refractivity contribution < 1.29 is 13.2 Å². The molecule has 0 unspecified atom stereocenters. The van der Waals surface area contributed by atoms with Gasteiger partial charge in [0.25, 0.3) is 5.91 Å². The fraction of sp³-hybridized carbons (Fsp3) is 0.353. The highest BCUT2D eigenvalue weighted by atomic mass is 32.2. The van der Waals surface area contributed by atoms with E-state index in [9.17, 15) is 13.2 Å². The van der Waals surface area contributed by atoms with E-state index in [4.69, 9.17) is 5.14 Å². The molecule has 1 aromatic heterocycles. The Morgan fingerprint density at radius 1 is 1.15 bits per heavy atom. The average molecular weight is 377 g/mol. The second kappa shape index (κ2) is 8.72. The highest BCUT2D eigenvalue weighted by Gasteiger charge is 2.09. The summed E-state index contributed by atoms with van der Waals surface area (Å²) >= 11 is 0. The van der Waals surface area contributed by atoms with E-state index in [-0.39, 0.29) is 10.8 Å². The zero-order chi connectivity index (χ0) is 19.2. The van der Waals surface area contributed by atoms with Gasteiger partial charge in [-0.05, 0) is 30.0 Å². The van der Waals surface area contributed by atoms with Gasteiger partial charge in [-0.3, -0.25) is 4.79 Å². The van der Waals surface area contributed by atoms with Crippen LogP contribution < -0.4 is 15.8 Å². The number of carbonyl (C=O) groups is 1. The van der Waals surface area contributed by atoms with Gasteiger partial charge in [-0.15, -0.1) is 0 Å². The van der Waals surface area contributed by atoms with Crippen molar-refractivity contribution in [1.29, 1.82) is 0 Å². The number of aromatic nitrogens is 2. The van der Waals surface area contributed by atoms with Crippen molar-refractivity contribution in [2.24, 2.45) is 11.1 Å². The van der Waals surface area contributed by atoms with E-state index >= 15 is 0 Å². The van der Waals surface area contributed by atoms with Crippen LogP contribution in [0.15, 0.2) is 41.6 Å². The van der Waals surface area contributed by atoms with Crippen LogP contribution in [-0.4, -0.2) is 37.4 Å². The minimum atomic E-state index is -3.69. The van der Waals surface area contributed by atoms with Crippen LogP contribution in [0.3, 0.4) is 0 Å². The highest BCUT2D eigenvalue weighted by molar-refractivity contribution is 7.89. The Kier molecular flexibility index (Phi) is 6.64. The standard InChI is InChI=1S/C17H23N5O3S/c1-12(2)9-20-17-21-10-14(11-22-17)16(23)19-8-7-13-3-5-15(6-4-13)26(18,24)25/h3-6,10-12H,7-9H2,1-2H3,(H,19,23)(H2,18,24,25)(H,20,21,22). The van der Waals surface area contributed by atoms with Gasteiger partial charge in [0.05, 0.1) is 10.5 Å². The lowest BCUT2D eigenvalue weighted by Crippen LogP contribution is -2.26. The third kappa shape index (κ3) is 6.08.